The lowest BCUT2D eigenvalue weighted by molar-refractivity contribution is -0.128. The number of nitrogens with zero attached hydrogens (tertiary/aromatic N) is 1. The highest BCUT2D eigenvalue weighted by atomic mass is 16.5. The summed E-state index contributed by atoms with van der Waals surface area (Å²) in [7, 11) is 0. The van der Waals surface area contributed by atoms with Gasteiger partial charge in [-0.2, -0.15) is 0 Å². The number of rotatable bonds is 6. The third-order valence-corrected chi connectivity index (χ3v) is 5.34. The molecule has 6 heteroatoms. The normalized spacial score (nSPS) is 24.0. The second-order valence-electron chi connectivity index (χ2n) is 7.15. The average molecular weight is 359 g/mol. The molecule has 0 radical (unpaired) electrons. The Morgan fingerprint density at radius 1 is 0.962 bits per heavy atom. The number of nitrogens with one attached hydrogen (secondary N) is 2. The fourth-order valence-electron chi connectivity index (χ4n) is 3.69. The van der Waals surface area contributed by atoms with Crippen molar-refractivity contribution in [3.63, 3.8) is 0 Å². The molecule has 1 saturated carbocycles. The number of ether oxygens (including phenoxy) is 1. The van der Waals surface area contributed by atoms with E-state index < -0.39 is 0 Å². The third-order valence-electron chi connectivity index (χ3n) is 5.34. The minimum absolute atomic E-state index is 0.00704. The van der Waals surface area contributed by atoms with Crippen LogP contribution in [0.15, 0.2) is 30.3 Å². The van der Waals surface area contributed by atoms with E-state index in [0.29, 0.717) is 6.54 Å². The molecule has 142 valence electrons. The van der Waals surface area contributed by atoms with Crippen molar-refractivity contribution in [3.8, 4) is 0 Å². The zero-order valence-electron chi connectivity index (χ0n) is 15.3. The molecule has 1 heterocycles. The minimum atomic E-state index is 0.00704. The van der Waals surface area contributed by atoms with E-state index in [4.69, 9.17) is 4.74 Å². The first-order chi connectivity index (χ1) is 12.7. The van der Waals surface area contributed by atoms with Crippen LogP contribution in [0, 0.1) is 11.8 Å². The summed E-state index contributed by atoms with van der Waals surface area (Å²) < 4.78 is 5.33. The first-order valence-electron chi connectivity index (χ1n) is 9.66. The van der Waals surface area contributed by atoms with Crippen LogP contribution in [0.2, 0.25) is 0 Å². The Morgan fingerprint density at radius 3 is 2.23 bits per heavy atom. The van der Waals surface area contributed by atoms with Gasteiger partial charge in [0.25, 0.3) is 0 Å². The van der Waals surface area contributed by atoms with E-state index in [2.05, 4.69) is 15.5 Å². The highest BCUT2D eigenvalue weighted by Gasteiger charge is 2.29. The Bertz CT molecular complexity index is 579. The highest BCUT2D eigenvalue weighted by Crippen LogP contribution is 2.29. The first kappa shape index (κ1) is 18.9. The van der Waals surface area contributed by atoms with Gasteiger partial charge < -0.3 is 15.4 Å². The molecule has 26 heavy (non-hydrogen) atoms. The Labute approximate surface area is 155 Å². The van der Waals surface area contributed by atoms with Crippen LogP contribution in [0.4, 0.5) is 5.69 Å². The maximum atomic E-state index is 12.4. The molecule has 0 aromatic heterocycles. The van der Waals surface area contributed by atoms with Crippen LogP contribution in [0.3, 0.4) is 0 Å². The zero-order valence-corrected chi connectivity index (χ0v) is 15.3. The summed E-state index contributed by atoms with van der Waals surface area (Å²) in [6.07, 6.45) is 3.13. The largest absolute Gasteiger partial charge is 0.379 e. The van der Waals surface area contributed by atoms with Crippen LogP contribution in [0.5, 0.6) is 0 Å². The van der Waals surface area contributed by atoms with Gasteiger partial charge in [0, 0.05) is 43.7 Å². The second kappa shape index (κ2) is 9.69. The van der Waals surface area contributed by atoms with Gasteiger partial charge in [0.1, 0.15) is 0 Å². The molecule has 2 fully saturated rings. The lowest BCUT2D eigenvalue weighted by Gasteiger charge is -2.28. The van der Waals surface area contributed by atoms with Gasteiger partial charge in [-0.1, -0.05) is 18.2 Å². The molecular formula is C20H29N3O3. The summed E-state index contributed by atoms with van der Waals surface area (Å²) in [5.74, 6) is 0.260. The minimum Gasteiger partial charge on any atom is -0.379 e. The lowest BCUT2D eigenvalue weighted by Crippen LogP contribution is -2.43. The molecule has 0 unspecified atom stereocenters. The molecule has 1 saturated heterocycles. The average Bonchev–Trinajstić information content (AvgIpc) is 2.69. The van der Waals surface area contributed by atoms with Crippen LogP contribution in [-0.4, -0.2) is 56.1 Å². The molecule has 6 nitrogen and oxygen atoms in total. The number of anilines is 1. The molecule has 0 bridgehead atoms. The van der Waals surface area contributed by atoms with Crippen molar-refractivity contribution in [2.75, 3.05) is 44.7 Å². The molecule has 2 aliphatic rings. The Kier molecular flexibility index (Phi) is 7.03. The quantitative estimate of drug-likeness (QED) is 0.814. The monoisotopic (exact) mass is 359 g/mol. The van der Waals surface area contributed by atoms with Crippen molar-refractivity contribution in [3.05, 3.63) is 30.3 Å². The molecule has 2 N–H and O–H groups in total. The molecule has 2 amide bonds. The Morgan fingerprint density at radius 2 is 1.58 bits per heavy atom. The summed E-state index contributed by atoms with van der Waals surface area (Å²) in [5.41, 5.74) is 0.834. The molecule has 0 atom stereocenters. The topological polar surface area (TPSA) is 70.7 Å². The van der Waals surface area contributed by atoms with Crippen molar-refractivity contribution in [2.24, 2.45) is 11.8 Å². The van der Waals surface area contributed by atoms with Gasteiger partial charge in [-0.3, -0.25) is 14.5 Å². The Balaban J connectivity index is 1.34. The zero-order chi connectivity index (χ0) is 18.2. The third kappa shape index (κ3) is 5.54. The van der Waals surface area contributed by atoms with E-state index in [1.54, 1.807) is 0 Å². The summed E-state index contributed by atoms with van der Waals surface area (Å²) in [6.45, 7) is 5.01. The summed E-state index contributed by atoms with van der Waals surface area (Å²) >= 11 is 0. The van der Waals surface area contributed by atoms with E-state index in [0.717, 1.165) is 64.2 Å². The lowest BCUT2D eigenvalue weighted by atomic mass is 9.81. The van der Waals surface area contributed by atoms with Gasteiger partial charge in [-0.05, 0) is 37.8 Å². The maximum Gasteiger partial charge on any atom is 0.227 e. The summed E-state index contributed by atoms with van der Waals surface area (Å²) in [5, 5.41) is 6.03. The van der Waals surface area contributed by atoms with Crippen LogP contribution < -0.4 is 10.6 Å². The number of morpholine rings is 1. The smallest absolute Gasteiger partial charge is 0.227 e. The molecule has 1 aromatic carbocycles. The van der Waals surface area contributed by atoms with E-state index in [1.165, 1.54) is 0 Å². The fourth-order valence-corrected chi connectivity index (χ4v) is 3.69. The first-order valence-corrected chi connectivity index (χ1v) is 9.66. The van der Waals surface area contributed by atoms with Gasteiger partial charge in [-0.25, -0.2) is 0 Å². The number of carbonyl (C=O) groups excluding carboxylic acids is 2. The van der Waals surface area contributed by atoms with Crippen LogP contribution in [0.1, 0.15) is 25.7 Å². The highest BCUT2D eigenvalue weighted by molar-refractivity contribution is 5.92. The van der Waals surface area contributed by atoms with Gasteiger partial charge in [-0.15, -0.1) is 0 Å². The van der Waals surface area contributed by atoms with Gasteiger partial charge >= 0.3 is 0 Å². The molecule has 1 aromatic rings. The maximum absolute atomic E-state index is 12.4. The van der Waals surface area contributed by atoms with Crippen molar-refractivity contribution < 1.29 is 14.3 Å². The number of carbonyl (C=O) groups is 2. The standard InChI is InChI=1S/C20H29N3O3/c24-19(21-10-11-23-12-14-26-15-13-23)16-6-8-17(9-7-16)20(25)22-18-4-2-1-3-5-18/h1-5,16-17H,6-15H2,(H,21,24)(H,22,25). The summed E-state index contributed by atoms with van der Waals surface area (Å²) in [4.78, 5) is 27.0. The Hall–Kier alpha value is -1.92. The van der Waals surface area contributed by atoms with Crippen molar-refractivity contribution >= 4 is 17.5 Å². The van der Waals surface area contributed by atoms with Gasteiger partial charge in [0.05, 0.1) is 13.2 Å². The predicted octanol–water partition coefficient (Wildman–Crippen LogP) is 1.88. The summed E-state index contributed by atoms with van der Waals surface area (Å²) in [6, 6.07) is 9.54. The molecule has 1 aliphatic carbocycles. The van der Waals surface area contributed by atoms with Crippen LogP contribution in [-0.2, 0) is 14.3 Å². The molecule has 1 aliphatic heterocycles. The van der Waals surface area contributed by atoms with Crippen molar-refractivity contribution in [1.82, 2.24) is 10.2 Å². The molecule has 3 rings (SSSR count). The van der Waals surface area contributed by atoms with Crippen molar-refractivity contribution in [1.29, 1.82) is 0 Å². The SMILES string of the molecule is O=C(NCCN1CCOCC1)C1CCC(C(=O)Nc2ccccc2)CC1. The number of para-hydroxylation sites is 1. The molecular weight excluding hydrogens is 330 g/mol. The predicted molar refractivity (Wildman–Crippen MR) is 101 cm³/mol. The van der Waals surface area contributed by atoms with Crippen LogP contribution in [0.25, 0.3) is 0 Å². The number of hydrogen-bond acceptors (Lipinski definition) is 4. The van der Waals surface area contributed by atoms with E-state index in [9.17, 15) is 9.59 Å². The number of amides is 2. The van der Waals surface area contributed by atoms with E-state index in [1.807, 2.05) is 30.3 Å². The van der Waals surface area contributed by atoms with Gasteiger partial charge in [0.15, 0.2) is 0 Å². The van der Waals surface area contributed by atoms with Gasteiger partial charge in [0.2, 0.25) is 11.8 Å². The van der Waals surface area contributed by atoms with Crippen molar-refractivity contribution in [2.45, 2.75) is 25.7 Å². The fraction of sp³-hybridized carbons (Fsp3) is 0.600. The van der Waals surface area contributed by atoms with E-state index in [-0.39, 0.29) is 23.7 Å². The van der Waals surface area contributed by atoms with E-state index >= 15 is 0 Å². The second-order valence-corrected chi connectivity index (χ2v) is 7.15. The number of benzene rings is 1. The number of hydrogen-bond donors (Lipinski definition) is 2. The molecule has 0 spiro atoms. The van der Waals surface area contributed by atoms with Crippen LogP contribution >= 0.6 is 0 Å².